The van der Waals surface area contributed by atoms with Gasteiger partial charge in [0.05, 0.1) is 10.9 Å². The monoisotopic (exact) mass is 557 g/mol. The summed E-state index contributed by atoms with van der Waals surface area (Å²) in [5.74, 6) is -0.426. The number of hydrogen-bond acceptors (Lipinski definition) is 3. The topological polar surface area (TPSA) is 54.5 Å². The average Bonchev–Trinajstić information content (AvgIpc) is 3.19. The molecular weight excluding hydrogens is 539 g/mol. The molecule has 2 aromatic carbocycles. The minimum atomic E-state index is -6.30. The number of amides is 1. The summed E-state index contributed by atoms with van der Waals surface area (Å²) in [5.41, 5.74) is -7.52. The fraction of sp³-hybridized carbons (Fsp3) is 0.435. The molecule has 2 aromatic rings. The van der Waals surface area contributed by atoms with Crippen LogP contribution in [0.15, 0.2) is 47.4 Å². The molecule has 1 aliphatic carbocycles. The van der Waals surface area contributed by atoms with Gasteiger partial charge in [-0.05, 0) is 54.7 Å². The number of rotatable bonds is 3. The molecule has 1 aliphatic heterocycles. The number of benzene rings is 2. The van der Waals surface area contributed by atoms with Gasteiger partial charge in [0.25, 0.3) is 0 Å². The highest BCUT2D eigenvalue weighted by atomic mass is 35.5. The molecule has 4 nitrogen and oxygen atoms in total. The lowest BCUT2D eigenvalue weighted by Crippen LogP contribution is -2.52. The van der Waals surface area contributed by atoms with Gasteiger partial charge >= 0.3 is 18.0 Å². The Kier molecular flexibility index (Phi) is 6.19. The Hall–Kier alpha value is -2.34. The van der Waals surface area contributed by atoms with Crippen LogP contribution in [0.3, 0.4) is 0 Å². The van der Waals surface area contributed by atoms with Gasteiger partial charge in [0.15, 0.2) is 9.84 Å². The van der Waals surface area contributed by atoms with E-state index in [-0.39, 0.29) is 46.9 Å². The Balaban J connectivity index is 1.97. The standard InChI is InChI=1S/C23H19ClF7NO3S/c1-13(33)32-11-10-20(36(34,35)17-6-4-16(24)5-7-17)18-8-3-15(12-14(18)2-9-19(20)32)21(25,22(26,27)28)23(29,30)31/h3-8,12,19H,2,9-11H2,1H3. The van der Waals surface area contributed by atoms with Crippen molar-refractivity contribution in [2.24, 2.45) is 0 Å². The van der Waals surface area contributed by atoms with Gasteiger partial charge in [-0.2, -0.15) is 26.3 Å². The summed E-state index contributed by atoms with van der Waals surface area (Å²) in [4.78, 5) is 13.4. The van der Waals surface area contributed by atoms with Gasteiger partial charge in [0, 0.05) is 24.1 Å². The number of alkyl halides is 7. The summed E-state index contributed by atoms with van der Waals surface area (Å²) >= 11 is 5.87. The van der Waals surface area contributed by atoms with Crippen molar-refractivity contribution in [2.75, 3.05) is 6.54 Å². The van der Waals surface area contributed by atoms with Crippen LogP contribution >= 0.6 is 11.6 Å². The van der Waals surface area contributed by atoms with E-state index in [0.29, 0.717) is 12.1 Å². The van der Waals surface area contributed by atoms with E-state index in [1.807, 2.05) is 0 Å². The highest BCUT2D eigenvalue weighted by Crippen LogP contribution is 2.56. The quantitative estimate of drug-likeness (QED) is 0.444. The molecule has 0 aromatic heterocycles. The second-order valence-electron chi connectivity index (χ2n) is 8.89. The maximum atomic E-state index is 14.7. The first-order valence-electron chi connectivity index (χ1n) is 10.7. The Morgan fingerprint density at radius 3 is 2.11 bits per heavy atom. The zero-order valence-electron chi connectivity index (χ0n) is 18.6. The summed E-state index contributed by atoms with van der Waals surface area (Å²) in [6.45, 7) is 1.25. The van der Waals surface area contributed by atoms with Crippen molar-refractivity contribution in [3.63, 3.8) is 0 Å². The maximum Gasteiger partial charge on any atom is 0.435 e. The van der Waals surface area contributed by atoms with Crippen molar-refractivity contribution in [3.05, 3.63) is 64.2 Å². The third kappa shape index (κ3) is 3.62. The number of carbonyl (C=O) groups is 1. The smallest absolute Gasteiger partial charge is 0.338 e. The third-order valence-corrected chi connectivity index (χ3v) is 9.87. The molecule has 0 radical (unpaired) electrons. The predicted molar refractivity (Wildman–Crippen MR) is 116 cm³/mol. The Morgan fingerprint density at radius 2 is 1.58 bits per heavy atom. The van der Waals surface area contributed by atoms with Crippen LogP contribution in [0.25, 0.3) is 0 Å². The number of sulfone groups is 1. The molecule has 0 bridgehead atoms. The molecule has 196 valence electrons. The van der Waals surface area contributed by atoms with Crippen molar-refractivity contribution in [1.82, 2.24) is 4.90 Å². The zero-order valence-corrected chi connectivity index (χ0v) is 20.1. The number of nitrogens with zero attached hydrogens (tertiary/aromatic N) is 1. The van der Waals surface area contributed by atoms with Crippen LogP contribution in [0.1, 0.15) is 36.5 Å². The minimum absolute atomic E-state index is 0.00611. The van der Waals surface area contributed by atoms with Crippen LogP contribution < -0.4 is 0 Å². The largest absolute Gasteiger partial charge is 0.435 e. The highest BCUT2D eigenvalue weighted by Gasteiger charge is 2.73. The summed E-state index contributed by atoms with van der Waals surface area (Å²) < 4.78 is 121. The van der Waals surface area contributed by atoms with E-state index in [9.17, 15) is 43.9 Å². The zero-order chi connectivity index (χ0) is 26.9. The van der Waals surface area contributed by atoms with Crippen molar-refractivity contribution in [1.29, 1.82) is 0 Å². The SMILES string of the molecule is CC(=O)N1CCC2(S(=O)(=O)c3ccc(Cl)cc3)c3ccc(C(F)(C(F)(F)F)C(F)(F)F)cc3CCC12. The first-order chi connectivity index (χ1) is 16.5. The van der Waals surface area contributed by atoms with Crippen LogP contribution in [0.2, 0.25) is 5.02 Å². The Morgan fingerprint density at radius 1 is 1.00 bits per heavy atom. The van der Waals surface area contributed by atoms with Crippen LogP contribution in [-0.4, -0.2) is 44.2 Å². The molecule has 36 heavy (non-hydrogen) atoms. The number of carbonyl (C=O) groups excluding carboxylic acids is 1. The van der Waals surface area contributed by atoms with E-state index >= 15 is 0 Å². The minimum Gasteiger partial charge on any atom is -0.338 e. The average molecular weight is 558 g/mol. The molecule has 2 aliphatic rings. The molecule has 1 heterocycles. The normalized spacial score (nSPS) is 22.8. The molecular formula is C23H19ClF7NO3S. The fourth-order valence-corrected chi connectivity index (χ4v) is 7.92. The van der Waals surface area contributed by atoms with Crippen molar-refractivity contribution >= 4 is 27.3 Å². The van der Waals surface area contributed by atoms with E-state index < -0.39 is 50.1 Å². The lowest BCUT2D eigenvalue weighted by molar-refractivity contribution is -0.348. The van der Waals surface area contributed by atoms with E-state index in [4.69, 9.17) is 11.6 Å². The first-order valence-corrected chi connectivity index (χ1v) is 12.6. The lowest BCUT2D eigenvalue weighted by Gasteiger charge is -2.43. The number of aryl methyl sites for hydroxylation is 1. The Labute approximate surface area is 206 Å². The van der Waals surface area contributed by atoms with Crippen molar-refractivity contribution in [3.8, 4) is 0 Å². The van der Waals surface area contributed by atoms with Gasteiger partial charge in [-0.3, -0.25) is 4.79 Å². The van der Waals surface area contributed by atoms with E-state index in [0.717, 1.165) is 6.07 Å². The van der Waals surface area contributed by atoms with Gasteiger partial charge in [-0.15, -0.1) is 0 Å². The second kappa shape index (κ2) is 8.34. The molecule has 2 unspecified atom stereocenters. The van der Waals surface area contributed by atoms with Crippen molar-refractivity contribution in [2.45, 2.75) is 59.9 Å². The molecule has 0 N–H and O–H groups in total. The van der Waals surface area contributed by atoms with Crippen molar-refractivity contribution < 1.29 is 43.9 Å². The number of hydrogen-bond donors (Lipinski definition) is 0. The van der Waals surface area contributed by atoms with Crippen LogP contribution in [0.4, 0.5) is 30.7 Å². The number of fused-ring (bicyclic) bond motifs is 3. The summed E-state index contributed by atoms with van der Waals surface area (Å²) in [6, 6.07) is 5.81. The van der Waals surface area contributed by atoms with Gasteiger partial charge < -0.3 is 4.90 Å². The lowest BCUT2D eigenvalue weighted by atomic mass is 9.77. The highest BCUT2D eigenvalue weighted by molar-refractivity contribution is 7.92. The first kappa shape index (κ1) is 26.7. The Bertz CT molecular complexity index is 1290. The number of likely N-dealkylation sites (tertiary alicyclic amines) is 1. The van der Waals surface area contributed by atoms with Gasteiger partial charge in [-0.1, -0.05) is 29.8 Å². The predicted octanol–water partition coefficient (Wildman–Crippen LogP) is 5.87. The number of halogens is 8. The molecule has 0 saturated carbocycles. The molecule has 13 heteroatoms. The van der Waals surface area contributed by atoms with E-state index in [2.05, 4.69) is 0 Å². The second-order valence-corrected chi connectivity index (χ2v) is 11.5. The summed E-state index contributed by atoms with van der Waals surface area (Å²) in [7, 11) is -4.35. The summed E-state index contributed by atoms with van der Waals surface area (Å²) in [5, 5.41) is 0.243. The molecule has 1 saturated heterocycles. The fourth-order valence-electron chi connectivity index (χ4n) is 5.43. The molecule has 4 rings (SSSR count). The van der Waals surface area contributed by atoms with Crippen LogP contribution in [-0.2, 0) is 31.5 Å². The molecule has 1 fully saturated rings. The molecule has 0 spiro atoms. The van der Waals surface area contributed by atoms with Crippen LogP contribution in [0.5, 0.6) is 0 Å². The van der Waals surface area contributed by atoms with Gasteiger partial charge in [0.1, 0.15) is 4.75 Å². The summed E-state index contributed by atoms with van der Waals surface area (Å²) in [6.07, 6.45) is -13.0. The molecule has 1 amide bonds. The molecule has 2 atom stereocenters. The van der Waals surface area contributed by atoms with Crippen LogP contribution in [0, 0.1) is 0 Å². The van der Waals surface area contributed by atoms with E-state index in [1.54, 1.807) is 0 Å². The van der Waals surface area contributed by atoms with Gasteiger partial charge in [0.2, 0.25) is 5.91 Å². The van der Waals surface area contributed by atoms with Gasteiger partial charge in [-0.25, -0.2) is 12.8 Å². The maximum absolute atomic E-state index is 14.7. The van der Waals surface area contributed by atoms with E-state index in [1.165, 1.54) is 36.1 Å². The third-order valence-electron chi connectivity index (χ3n) is 7.07.